The molecule has 1 aliphatic rings. The number of ether oxygens (including phenoxy) is 2. The van der Waals surface area contributed by atoms with Crippen LogP contribution in [0.4, 0.5) is 9.52 Å². The molecule has 1 saturated heterocycles. The Labute approximate surface area is 218 Å². The molecule has 1 fully saturated rings. The fraction of sp³-hybridized carbons (Fsp3) is 0.440. The molecule has 0 radical (unpaired) electrons. The quantitative estimate of drug-likeness (QED) is 0.230. The fourth-order valence-corrected chi connectivity index (χ4v) is 6.06. The minimum Gasteiger partial charge on any atom is -0.494 e. The molecule has 1 aliphatic heterocycles. The summed E-state index contributed by atoms with van der Waals surface area (Å²) < 4.78 is 24.8. The number of halogens is 2. The van der Waals surface area contributed by atoms with E-state index in [2.05, 4.69) is 4.90 Å². The molecule has 1 amide bonds. The fourth-order valence-electron chi connectivity index (χ4n) is 3.90. The summed E-state index contributed by atoms with van der Waals surface area (Å²) >= 11 is 9.47. The van der Waals surface area contributed by atoms with Gasteiger partial charge >= 0.3 is 0 Å². The third-order valence-corrected chi connectivity index (χ3v) is 8.41. The van der Waals surface area contributed by atoms with Gasteiger partial charge in [0.15, 0.2) is 5.13 Å². The molecule has 3 aromatic rings. The predicted molar refractivity (Wildman–Crippen MR) is 142 cm³/mol. The number of benzene rings is 2. The van der Waals surface area contributed by atoms with Gasteiger partial charge in [-0.05, 0) is 55.0 Å². The smallest absolute Gasteiger partial charge is 0.228 e. The average Bonchev–Trinajstić information content (AvgIpc) is 3.32. The Bertz CT molecular complexity index is 1120. The van der Waals surface area contributed by atoms with Crippen molar-refractivity contribution in [2.24, 2.45) is 0 Å². The molecule has 0 bridgehead atoms. The van der Waals surface area contributed by atoms with Gasteiger partial charge < -0.3 is 9.47 Å². The number of hydrogen-bond donors (Lipinski definition) is 0. The summed E-state index contributed by atoms with van der Waals surface area (Å²) in [6.45, 7) is 4.84. The van der Waals surface area contributed by atoms with Crippen LogP contribution in [0.3, 0.4) is 0 Å². The van der Waals surface area contributed by atoms with Crippen molar-refractivity contribution in [1.29, 1.82) is 0 Å². The maximum absolute atomic E-state index is 13.3. The average molecular weight is 538 g/mol. The van der Waals surface area contributed by atoms with Crippen molar-refractivity contribution in [3.05, 3.63) is 47.2 Å². The second-order valence-electron chi connectivity index (χ2n) is 8.18. The van der Waals surface area contributed by atoms with E-state index >= 15 is 0 Å². The first kappa shape index (κ1) is 26.2. The Balaban J connectivity index is 1.43. The number of methoxy groups -OCH3 is 1. The van der Waals surface area contributed by atoms with Gasteiger partial charge in [-0.25, -0.2) is 9.37 Å². The molecule has 2 aromatic carbocycles. The summed E-state index contributed by atoms with van der Waals surface area (Å²) in [5, 5.41) is 1.24. The van der Waals surface area contributed by atoms with Gasteiger partial charge in [-0.1, -0.05) is 22.9 Å². The predicted octanol–water partition coefficient (Wildman–Crippen LogP) is 5.73. The first-order valence-electron chi connectivity index (χ1n) is 11.7. The van der Waals surface area contributed by atoms with E-state index in [9.17, 15) is 9.18 Å². The Morgan fingerprint density at radius 1 is 1.23 bits per heavy atom. The Kier molecular flexibility index (Phi) is 9.62. The second-order valence-corrected chi connectivity index (χ2v) is 10.7. The highest BCUT2D eigenvalue weighted by Crippen LogP contribution is 2.39. The van der Waals surface area contributed by atoms with Gasteiger partial charge in [-0.3, -0.25) is 14.6 Å². The Hall–Kier alpha value is -1.91. The minimum atomic E-state index is -0.246. The molecule has 10 heteroatoms. The molecular formula is C25H29ClFN3O3S2. The van der Waals surface area contributed by atoms with E-state index in [1.54, 1.807) is 48.0 Å². The van der Waals surface area contributed by atoms with Crippen molar-refractivity contribution in [1.82, 2.24) is 9.88 Å². The number of thioether (sulfide) groups is 1. The molecule has 1 aromatic heterocycles. The van der Waals surface area contributed by atoms with Gasteiger partial charge in [0, 0.05) is 37.5 Å². The van der Waals surface area contributed by atoms with Crippen LogP contribution in [0, 0.1) is 5.82 Å². The van der Waals surface area contributed by atoms with Crippen LogP contribution in [-0.4, -0.2) is 68.0 Å². The monoisotopic (exact) mass is 537 g/mol. The van der Waals surface area contributed by atoms with Crippen LogP contribution in [0.2, 0.25) is 5.02 Å². The van der Waals surface area contributed by atoms with Gasteiger partial charge in [0.25, 0.3) is 0 Å². The van der Waals surface area contributed by atoms with Crippen LogP contribution in [0.15, 0.2) is 41.3 Å². The molecule has 0 atom stereocenters. The highest BCUT2D eigenvalue weighted by atomic mass is 35.5. The second kappa shape index (κ2) is 12.9. The first-order chi connectivity index (χ1) is 17.0. The molecule has 0 N–H and O–H groups in total. The SMILES string of the molecule is COc1ccc(Cl)c2sc(N(CCCN3CCOCC3)C(=O)CCCSc3ccc(F)cc3)nc12. The van der Waals surface area contributed by atoms with E-state index < -0.39 is 0 Å². The number of thiazole rings is 1. The first-order valence-corrected chi connectivity index (χ1v) is 13.8. The van der Waals surface area contributed by atoms with Crippen LogP contribution in [-0.2, 0) is 9.53 Å². The van der Waals surface area contributed by atoms with E-state index in [0.717, 1.165) is 61.0 Å². The molecule has 188 valence electrons. The summed E-state index contributed by atoms with van der Waals surface area (Å²) in [7, 11) is 1.60. The number of morpholine rings is 1. The zero-order chi connectivity index (χ0) is 24.6. The lowest BCUT2D eigenvalue weighted by Gasteiger charge is -2.27. The number of aromatic nitrogens is 1. The molecule has 6 nitrogen and oxygen atoms in total. The third kappa shape index (κ3) is 7.07. The van der Waals surface area contributed by atoms with E-state index in [-0.39, 0.29) is 11.7 Å². The van der Waals surface area contributed by atoms with Crippen LogP contribution in [0.5, 0.6) is 5.75 Å². The largest absolute Gasteiger partial charge is 0.494 e. The van der Waals surface area contributed by atoms with Gasteiger partial charge in [0.2, 0.25) is 5.91 Å². The summed E-state index contributed by atoms with van der Waals surface area (Å²) in [6.07, 6.45) is 1.97. The van der Waals surface area contributed by atoms with E-state index in [4.69, 9.17) is 26.1 Å². The molecule has 0 unspecified atom stereocenters. The van der Waals surface area contributed by atoms with E-state index in [1.807, 2.05) is 0 Å². The minimum absolute atomic E-state index is 0.0424. The number of hydrogen-bond acceptors (Lipinski definition) is 7. The van der Waals surface area contributed by atoms with Crippen LogP contribution in [0.1, 0.15) is 19.3 Å². The molecule has 4 rings (SSSR count). The number of nitrogens with zero attached hydrogens (tertiary/aromatic N) is 3. The van der Waals surface area contributed by atoms with Crippen molar-refractivity contribution in [2.45, 2.75) is 24.2 Å². The zero-order valence-corrected chi connectivity index (χ0v) is 22.1. The van der Waals surface area contributed by atoms with Crippen molar-refractivity contribution in [3.8, 4) is 5.75 Å². The summed E-state index contributed by atoms with van der Waals surface area (Å²) in [5.41, 5.74) is 0.679. The normalized spacial score (nSPS) is 14.4. The topological polar surface area (TPSA) is 54.9 Å². The van der Waals surface area contributed by atoms with Crippen molar-refractivity contribution in [3.63, 3.8) is 0 Å². The highest BCUT2D eigenvalue weighted by Gasteiger charge is 2.22. The zero-order valence-electron chi connectivity index (χ0n) is 19.7. The number of carbonyl (C=O) groups is 1. The number of fused-ring (bicyclic) bond motifs is 1. The van der Waals surface area contributed by atoms with Gasteiger partial charge in [0.1, 0.15) is 17.1 Å². The molecular weight excluding hydrogens is 509 g/mol. The van der Waals surface area contributed by atoms with E-state index in [0.29, 0.717) is 34.4 Å². The highest BCUT2D eigenvalue weighted by molar-refractivity contribution is 7.99. The van der Waals surface area contributed by atoms with Crippen LogP contribution >= 0.6 is 34.7 Å². The van der Waals surface area contributed by atoms with Gasteiger partial charge in [-0.15, -0.1) is 11.8 Å². The molecule has 0 spiro atoms. The van der Waals surface area contributed by atoms with Gasteiger partial charge in [-0.2, -0.15) is 0 Å². The molecule has 0 saturated carbocycles. The maximum atomic E-state index is 13.3. The van der Waals surface area contributed by atoms with Gasteiger partial charge in [0.05, 0.1) is 30.0 Å². The van der Waals surface area contributed by atoms with E-state index in [1.165, 1.54) is 23.5 Å². The summed E-state index contributed by atoms with van der Waals surface area (Å²) in [4.78, 5) is 23.2. The number of anilines is 1. The number of carbonyl (C=O) groups excluding carboxylic acids is 1. The third-order valence-electron chi connectivity index (χ3n) is 5.78. The van der Waals surface area contributed by atoms with Crippen molar-refractivity contribution < 1.29 is 18.7 Å². The number of amides is 1. The Morgan fingerprint density at radius 3 is 2.74 bits per heavy atom. The van der Waals surface area contributed by atoms with Crippen molar-refractivity contribution in [2.75, 3.05) is 57.2 Å². The molecule has 0 aliphatic carbocycles. The maximum Gasteiger partial charge on any atom is 0.228 e. The molecule has 2 heterocycles. The Morgan fingerprint density at radius 2 is 2.00 bits per heavy atom. The number of rotatable bonds is 11. The summed E-state index contributed by atoms with van der Waals surface area (Å²) in [5.74, 6) is 1.22. The lowest BCUT2D eigenvalue weighted by molar-refractivity contribution is -0.118. The van der Waals surface area contributed by atoms with Crippen molar-refractivity contribution >= 4 is 56.0 Å². The van der Waals surface area contributed by atoms with Crippen LogP contribution < -0.4 is 9.64 Å². The lowest BCUT2D eigenvalue weighted by atomic mass is 10.2. The standard InChI is InChI=1S/C25H29ClFN3O3S2/c1-32-21-10-9-20(26)24-23(21)28-25(35-24)30(12-3-11-29-13-15-33-16-14-29)22(31)4-2-17-34-19-7-5-18(27)6-8-19/h5-10H,2-4,11-17H2,1H3. The molecule has 35 heavy (non-hydrogen) atoms. The summed E-state index contributed by atoms with van der Waals surface area (Å²) in [6, 6.07) is 10.0. The lowest BCUT2D eigenvalue weighted by Crippen LogP contribution is -2.39. The van der Waals surface area contributed by atoms with Crippen LogP contribution in [0.25, 0.3) is 10.2 Å².